The van der Waals surface area contributed by atoms with E-state index in [4.69, 9.17) is 5.11 Å². The number of carbonyl (C=O) groups excluding carboxylic acids is 1. The third-order valence-electron chi connectivity index (χ3n) is 2.21. The number of aliphatic carboxylic acids is 1. The van der Waals surface area contributed by atoms with Crippen molar-refractivity contribution in [1.82, 2.24) is 0 Å². The minimum Gasteiger partial charge on any atom is -0.481 e. The molecule has 0 unspecified atom stereocenters. The van der Waals surface area contributed by atoms with Gasteiger partial charge in [0.1, 0.15) is 5.78 Å². The van der Waals surface area contributed by atoms with Crippen molar-refractivity contribution < 1.29 is 14.7 Å². The average molecular weight is 212 g/mol. The monoisotopic (exact) mass is 212 g/mol. The molecule has 15 heavy (non-hydrogen) atoms. The largest absolute Gasteiger partial charge is 0.481 e. The molecular formula is C12H20O3. The number of rotatable bonds is 10. The maximum Gasteiger partial charge on any atom is 0.303 e. The van der Waals surface area contributed by atoms with E-state index in [0.717, 1.165) is 25.7 Å². The molecule has 86 valence electrons. The minimum atomic E-state index is -0.757. The molecule has 0 aromatic rings. The third kappa shape index (κ3) is 10.8. The van der Waals surface area contributed by atoms with Crippen molar-refractivity contribution in [1.29, 1.82) is 0 Å². The number of carboxylic acids is 1. The van der Waals surface area contributed by atoms with Gasteiger partial charge in [0.2, 0.25) is 0 Å². The number of Topliss-reactive ketones (excluding diaryl/α,β-unsaturated/α-hetero) is 1. The Balaban J connectivity index is 3.23. The van der Waals surface area contributed by atoms with Crippen LogP contribution in [0.15, 0.2) is 12.7 Å². The van der Waals surface area contributed by atoms with Crippen LogP contribution in [-0.4, -0.2) is 16.9 Å². The highest BCUT2D eigenvalue weighted by molar-refractivity contribution is 5.78. The Morgan fingerprint density at radius 1 is 1.00 bits per heavy atom. The fraction of sp³-hybridized carbons (Fsp3) is 0.667. The summed E-state index contributed by atoms with van der Waals surface area (Å²) in [5.74, 6) is -0.473. The molecule has 0 aromatic carbocycles. The van der Waals surface area contributed by atoms with Gasteiger partial charge in [0, 0.05) is 19.3 Å². The van der Waals surface area contributed by atoms with Crippen LogP contribution in [0.25, 0.3) is 0 Å². The zero-order chi connectivity index (χ0) is 11.5. The lowest BCUT2D eigenvalue weighted by atomic mass is 10.1. The van der Waals surface area contributed by atoms with Crippen LogP contribution in [-0.2, 0) is 9.59 Å². The van der Waals surface area contributed by atoms with Crippen molar-refractivity contribution in [2.75, 3.05) is 0 Å². The Labute approximate surface area is 91.2 Å². The molecule has 3 nitrogen and oxygen atoms in total. The Bertz CT molecular complexity index is 209. The van der Waals surface area contributed by atoms with Gasteiger partial charge in [-0.2, -0.15) is 0 Å². The third-order valence-corrected chi connectivity index (χ3v) is 2.21. The lowest BCUT2D eigenvalue weighted by Gasteiger charge is -1.99. The lowest BCUT2D eigenvalue weighted by Crippen LogP contribution is -1.98. The van der Waals surface area contributed by atoms with E-state index in [1.54, 1.807) is 0 Å². The molecule has 0 bridgehead atoms. The normalized spacial score (nSPS) is 9.87. The smallest absolute Gasteiger partial charge is 0.303 e. The molecule has 0 spiro atoms. The van der Waals surface area contributed by atoms with Crippen LogP contribution in [0.1, 0.15) is 51.4 Å². The van der Waals surface area contributed by atoms with E-state index in [2.05, 4.69) is 6.58 Å². The van der Waals surface area contributed by atoms with E-state index in [9.17, 15) is 9.59 Å². The molecule has 3 heteroatoms. The number of unbranched alkanes of at least 4 members (excludes halogenated alkanes) is 3. The van der Waals surface area contributed by atoms with Crippen molar-refractivity contribution in [2.24, 2.45) is 0 Å². The first kappa shape index (κ1) is 13.9. The van der Waals surface area contributed by atoms with Gasteiger partial charge in [-0.15, -0.1) is 6.58 Å². The van der Waals surface area contributed by atoms with Gasteiger partial charge in [0.15, 0.2) is 0 Å². The standard InChI is InChI=1S/C12H20O3/c1-2-3-5-8-11(13)9-6-4-7-10-12(14)15/h2H,1,3-10H2,(H,14,15). The SMILES string of the molecule is C=CCCCC(=O)CCCCCC(=O)O. The van der Waals surface area contributed by atoms with E-state index in [0.29, 0.717) is 19.3 Å². The second-order valence-corrected chi connectivity index (χ2v) is 3.67. The van der Waals surface area contributed by atoms with Crippen molar-refractivity contribution in [3.8, 4) is 0 Å². The van der Waals surface area contributed by atoms with Crippen LogP contribution in [0.2, 0.25) is 0 Å². The molecule has 0 radical (unpaired) electrons. The highest BCUT2D eigenvalue weighted by atomic mass is 16.4. The summed E-state index contributed by atoms with van der Waals surface area (Å²) in [7, 11) is 0. The van der Waals surface area contributed by atoms with E-state index in [1.165, 1.54) is 0 Å². The molecule has 0 amide bonds. The highest BCUT2D eigenvalue weighted by Gasteiger charge is 2.01. The van der Waals surface area contributed by atoms with Gasteiger partial charge < -0.3 is 5.11 Å². The predicted octanol–water partition coefficient (Wildman–Crippen LogP) is 2.95. The summed E-state index contributed by atoms with van der Waals surface area (Å²) in [5.41, 5.74) is 0. The second kappa shape index (κ2) is 9.44. The second-order valence-electron chi connectivity index (χ2n) is 3.67. The van der Waals surface area contributed by atoms with Crippen molar-refractivity contribution in [2.45, 2.75) is 51.4 Å². The van der Waals surface area contributed by atoms with Crippen molar-refractivity contribution in [3.05, 3.63) is 12.7 Å². The molecule has 0 atom stereocenters. The molecule has 0 aliphatic carbocycles. The first-order chi connectivity index (χ1) is 7.16. The fourth-order valence-electron chi connectivity index (χ4n) is 1.34. The summed E-state index contributed by atoms with van der Waals surface area (Å²) in [6, 6.07) is 0. The summed E-state index contributed by atoms with van der Waals surface area (Å²) >= 11 is 0. The van der Waals surface area contributed by atoms with Gasteiger partial charge in [-0.05, 0) is 25.7 Å². The summed E-state index contributed by atoms with van der Waals surface area (Å²) in [4.78, 5) is 21.5. The number of carboxylic acid groups (broad SMARTS) is 1. The first-order valence-corrected chi connectivity index (χ1v) is 5.51. The number of carbonyl (C=O) groups is 2. The van der Waals surface area contributed by atoms with Gasteiger partial charge in [-0.25, -0.2) is 0 Å². The predicted molar refractivity (Wildman–Crippen MR) is 59.8 cm³/mol. The van der Waals surface area contributed by atoms with Crippen LogP contribution >= 0.6 is 0 Å². The summed E-state index contributed by atoms with van der Waals surface area (Å²) in [6.07, 6.45) is 7.36. The summed E-state index contributed by atoms with van der Waals surface area (Å²) in [6.45, 7) is 3.59. The molecule has 0 heterocycles. The molecule has 0 aliphatic rings. The zero-order valence-electron chi connectivity index (χ0n) is 9.21. The van der Waals surface area contributed by atoms with E-state index in [-0.39, 0.29) is 12.2 Å². The zero-order valence-corrected chi connectivity index (χ0v) is 9.21. The van der Waals surface area contributed by atoms with Crippen LogP contribution in [0.5, 0.6) is 0 Å². The first-order valence-electron chi connectivity index (χ1n) is 5.51. The van der Waals surface area contributed by atoms with Gasteiger partial charge in [0.25, 0.3) is 0 Å². The molecule has 0 saturated carbocycles. The molecule has 0 aliphatic heterocycles. The molecule has 0 rings (SSSR count). The van der Waals surface area contributed by atoms with Crippen LogP contribution in [0.4, 0.5) is 0 Å². The van der Waals surface area contributed by atoms with Gasteiger partial charge >= 0.3 is 5.97 Å². The minimum absolute atomic E-state index is 0.213. The number of hydrogen-bond acceptors (Lipinski definition) is 2. The maximum atomic E-state index is 11.3. The highest BCUT2D eigenvalue weighted by Crippen LogP contribution is 2.07. The Morgan fingerprint density at radius 3 is 2.20 bits per heavy atom. The van der Waals surface area contributed by atoms with Crippen LogP contribution < -0.4 is 0 Å². The maximum absolute atomic E-state index is 11.3. The number of hydrogen-bond donors (Lipinski definition) is 1. The molecule has 1 N–H and O–H groups in total. The average Bonchev–Trinajstić information content (AvgIpc) is 2.17. The molecule has 0 fully saturated rings. The van der Waals surface area contributed by atoms with Gasteiger partial charge in [0.05, 0.1) is 0 Å². The number of allylic oxidation sites excluding steroid dienone is 1. The molecule has 0 aromatic heterocycles. The van der Waals surface area contributed by atoms with E-state index >= 15 is 0 Å². The quantitative estimate of drug-likeness (QED) is 0.447. The Kier molecular flexibility index (Phi) is 8.73. The van der Waals surface area contributed by atoms with Gasteiger partial charge in [-0.1, -0.05) is 12.5 Å². The van der Waals surface area contributed by atoms with Crippen LogP contribution in [0, 0.1) is 0 Å². The molecular weight excluding hydrogens is 192 g/mol. The van der Waals surface area contributed by atoms with E-state index < -0.39 is 5.97 Å². The summed E-state index contributed by atoms with van der Waals surface area (Å²) < 4.78 is 0. The summed E-state index contributed by atoms with van der Waals surface area (Å²) in [5, 5.41) is 8.39. The fourth-order valence-corrected chi connectivity index (χ4v) is 1.34. The lowest BCUT2D eigenvalue weighted by molar-refractivity contribution is -0.137. The van der Waals surface area contributed by atoms with Crippen molar-refractivity contribution >= 4 is 11.8 Å². The van der Waals surface area contributed by atoms with Crippen LogP contribution in [0.3, 0.4) is 0 Å². The Morgan fingerprint density at radius 2 is 1.60 bits per heavy atom. The topological polar surface area (TPSA) is 54.4 Å². The van der Waals surface area contributed by atoms with Crippen molar-refractivity contribution in [3.63, 3.8) is 0 Å². The Hall–Kier alpha value is -1.12. The van der Waals surface area contributed by atoms with Gasteiger partial charge in [-0.3, -0.25) is 9.59 Å². The molecule has 0 saturated heterocycles. The number of ketones is 1. The van der Waals surface area contributed by atoms with E-state index in [1.807, 2.05) is 6.08 Å².